The zero-order chi connectivity index (χ0) is 14.8. The summed E-state index contributed by atoms with van der Waals surface area (Å²) in [5, 5.41) is 0. The summed E-state index contributed by atoms with van der Waals surface area (Å²) in [5.74, 6) is 0.613. The highest BCUT2D eigenvalue weighted by atomic mass is 16.5. The molecular formula is C17H21NO2. The maximum atomic E-state index is 12.5. The van der Waals surface area contributed by atoms with Crippen LogP contribution in [0.2, 0.25) is 0 Å². The number of aliphatic imine (C=N–C) groups is 1. The van der Waals surface area contributed by atoms with E-state index in [4.69, 9.17) is 4.74 Å². The van der Waals surface area contributed by atoms with Crippen molar-refractivity contribution in [3.63, 3.8) is 0 Å². The Kier molecular flexibility index (Phi) is 4.07. The fourth-order valence-corrected chi connectivity index (χ4v) is 2.20. The van der Waals surface area contributed by atoms with Gasteiger partial charge in [0.15, 0.2) is 5.78 Å². The lowest BCUT2D eigenvalue weighted by molar-refractivity contribution is 0.103. The molecule has 1 heterocycles. The van der Waals surface area contributed by atoms with Gasteiger partial charge in [-0.05, 0) is 38.8 Å². The lowest BCUT2D eigenvalue weighted by Crippen LogP contribution is -2.17. The van der Waals surface area contributed by atoms with Crippen LogP contribution in [0.15, 0.2) is 40.9 Å². The van der Waals surface area contributed by atoms with Crippen LogP contribution in [0.3, 0.4) is 0 Å². The molecule has 0 aliphatic carbocycles. The Labute approximate surface area is 120 Å². The highest BCUT2D eigenvalue weighted by Gasteiger charge is 2.29. The van der Waals surface area contributed by atoms with Crippen LogP contribution in [0.25, 0.3) is 0 Å². The van der Waals surface area contributed by atoms with Gasteiger partial charge in [0, 0.05) is 11.1 Å². The molecule has 0 saturated carbocycles. The minimum Gasteiger partial charge on any atom is -0.475 e. The third kappa shape index (κ3) is 2.98. The van der Waals surface area contributed by atoms with Crippen molar-refractivity contribution in [1.29, 1.82) is 0 Å². The molecule has 1 aromatic carbocycles. The Bertz CT molecular complexity index is 582. The molecule has 0 atom stereocenters. The van der Waals surface area contributed by atoms with E-state index in [9.17, 15) is 4.79 Å². The molecule has 0 bridgehead atoms. The van der Waals surface area contributed by atoms with Crippen LogP contribution in [0, 0.1) is 0 Å². The van der Waals surface area contributed by atoms with Crippen LogP contribution in [0.4, 0.5) is 0 Å². The third-order valence-electron chi connectivity index (χ3n) is 3.24. The molecule has 0 aromatic heterocycles. The van der Waals surface area contributed by atoms with E-state index in [1.54, 1.807) is 0 Å². The van der Waals surface area contributed by atoms with Gasteiger partial charge in [0.2, 0.25) is 5.90 Å². The molecule has 0 unspecified atom stereocenters. The van der Waals surface area contributed by atoms with E-state index in [1.165, 1.54) is 0 Å². The number of ketones is 1. The molecule has 1 aromatic rings. The fourth-order valence-electron chi connectivity index (χ4n) is 2.20. The van der Waals surface area contributed by atoms with E-state index in [2.05, 4.69) is 4.99 Å². The van der Waals surface area contributed by atoms with E-state index in [0.29, 0.717) is 18.1 Å². The SMILES string of the molecule is CC/C=C(\C)C(=O)c1ccccc1C1=NC(C)(C)CO1. The Morgan fingerprint density at radius 3 is 2.70 bits per heavy atom. The number of nitrogens with zero attached hydrogens (tertiary/aromatic N) is 1. The van der Waals surface area contributed by atoms with Crippen molar-refractivity contribution in [1.82, 2.24) is 0 Å². The fraction of sp³-hybridized carbons (Fsp3) is 0.412. The second kappa shape index (κ2) is 5.61. The normalized spacial score (nSPS) is 17.6. The van der Waals surface area contributed by atoms with E-state index in [0.717, 1.165) is 17.6 Å². The second-order valence-corrected chi connectivity index (χ2v) is 5.69. The first-order valence-corrected chi connectivity index (χ1v) is 6.98. The highest BCUT2D eigenvalue weighted by molar-refractivity contribution is 6.15. The third-order valence-corrected chi connectivity index (χ3v) is 3.24. The summed E-state index contributed by atoms with van der Waals surface area (Å²) in [6, 6.07) is 7.51. The van der Waals surface area contributed by atoms with Gasteiger partial charge in [0.1, 0.15) is 6.61 Å². The number of allylic oxidation sites excluding steroid dienone is 2. The molecule has 1 aliphatic heterocycles. The number of Topliss-reactive ketones (excluding diaryl/α,β-unsaturated/α-hetero) is 1. The highest BCUT2D eigenvalue weighted by Crippen LogP contribution is 2.23. The van der Waals surface area contributed by atoms with E-state index >= 15 is 0 Å². The number of carbonyl (C=O) groups is 1. The largest absolute Gasteiger partial charge is 0.475 e. The first-order valence-electron chi connectivity index (χ1n) is 6.98. The maximum absolute atomic E-state index is 12.5. The standard InChI is InChI=1S/C17H21NO2/c1-5-8-12(2)15(19)13-9-6-7-10-14(13)16-18-17(3,4)11-20-16/h6-10H,5,11H2,1-4H3/b12-8+. The topological polar surface area (TPSA) is 38.7 Å². The Morgan fingerprint density at radius 2 is 2.10 bits per heavy atom. The van der Waals surface area contributed by atoms with E-state index in [-0.39, 0.29) is 11.3 Å². The number of ether oxygens (including phenoxy) is 1. The minimum atomic E-state index is -0.222. The van der Waals surface area contributed by atoms with E-state index < -0.39 is 0 Å². The average Bonchev–Trinajstić information content (AvgIpc) is 2.78. The molecule has 1 aliphatic rings. The van der Waals surface area contributed by atoms with Gasteiger partial charge in [-0.1, -0.05) is 31.2 Å². The molecule has 2 rings (SSSR count). The molecule has 0 fully saturated rings. The smallest absolute Gasteiger partial charge is 0.217 e. The summed E-state index contributed by atoms with van der Waals surface area (Å²) >= 11 is 0. The monoisotopic (exact) mass is 271 g/mol. The van der Waals surface area contributed by atoms with Gasteiger partial charge in [-0.3, -0.25) is 4.79 Å². The van der Waals surface area contributed by atoms with Crippen LogP contribution in [0.1, 0.15) is 50.0 Å². The molecular weight excluding hydrogens is 250 g/mol. The molecule has 0 amide bonds. The molecule has 106 valence electrons. The van der Waals surface area contributed by atoms with Crippen LogP contribution in [-0.4, -0.2) is 23.8 Å². The van der Waals surface area contributed by atoms with Crippen LogP contribution in [-0.2, 0) is 4.74 Å². The first kappa shape index (κ1) is 14.5. The zero-order valence-corrected chi connectivity index (χ0v) is 12.6. The number of carbonyl (C=O) groups excluding carboxylic acids is 1. The van der Waals surface area contributed by atoms with Crippen molar-refractivity contribution in [2.24, 2.45) is 4.99 Å². The first-order chi connectivity index (χ1) is 9.44. The summed E-state index contributed by atoms with van der Waals surface area (Å²) in [6.45, 7) is 8.47. The Hall–Kier alpha value is -1.90. The summed E-state index contributed by atoms with van der Waals surface area (Å²) in [5.41, 5.74) is 1.98. The molecule has 3 heteroatoms. The summed E-state index contributed by atoms with van der Waals surface area (Å²) < 4.78 is 5.66. The zero-order valence-electron chi connectivity index (χ0n) is 12.6. The van der Waals surface area contributed by atoms with Crippen LogP contribution < -0.4 is 0 Å². The van der Waals surface area contributed by atoms with E-state index in [1.807, 2.05) is 58.0 Å². The number of hydrogen-bond donors (Lipinski definition) is 0. The predicted octanol–water partition coefficient (Wildman–Crippen LogP) is 3.78. The molecule has 0 spiro atoms. The van der Waals surface area contributed by atoms with Crippen molar-refractivity contribution >= 4 is 11.7 Å². The summed E-state index contributed by atoms with van der Waals surface area (Å²) in [7, 11) is 0. The van der Waals surface area contributed by atoms with Crippen molar-refractivity contribution < 1.29 is 9.53 Å². The maximum Gasteiger partial charge on any atom is 0.217 e. The van der Waals surface area contributed by atoms with Gasteiger partial charge in [0.25, 0.3) is 0 Å². The number of hydrogen-bond acceptors (Lipinski definition) is 3. The van der Waals surface area contributed by atoms with Crippen molar-refractivity contribution in [3.8, 4) is 0 Å². The molecule has 0 N–H and O–H groups in total. The second-order valence-electron chi connectivity index (χ2n) is 5.69. The van der Waals surface area contributed by atoms with Gasteiger partial charge >= 0.3 is 0 Å². The number of benzene rings is 1. The Morgan fingerprint density at radius 1 is 1.40 bits per heavy atom. The minimum absolute atomic E-state index is 0.0402. The van der Waals surface area contributed by atoms with Gasteiger partial charge in [0.05, 0.1) is 5.54 Å². The molecule has 0 saturated heterocycles. The lowest BCUT2D eigenvalue weighted by atomic mass is 9.98. The lowest BCUT2D eigenvalue weighted by Gasteiger charge is -2.08. The number of rotatable bonds is 4. The average molecular weight is 271 g/mol. The predicted molar refractivity (Wildman–Crippen MR) is 81.4 cm³/mol. The van der Waals surface area contributed by atoms with Gasteiger partial charge in [-0.25, -0.2) is 4.99 Å². The molecule has 20 heavy (non-hydrogen) atoms. The summed E-state index contributed by atoms with van der Waals surface area (Å²) in [4.78, 5) is 17.1. The van der Waals surface area contributed by atoms with Crippen LogP contribution >= 0.6 is 0 Å². The molecule has 0 radical (unpaired) electrons. The quantitative estimate of drug-likeness (QED) is 0.617. The van der Waals surface area contributed by atoms with Gasteiger partial charge < -0.3 is 4.74 Å². The summed E-state index contributed by atoms with van der Waals surface area (Å²) in [6.07, 6.45) is 2.80. The molecule has 3 nitrogen and oxygen atoms in total. The van der Waals surface area contributed by atoms with Gasteiger partial charge in [-0.15, -0.1) is 0 Å². The Balaban J connectivity index is 2.42. The van der Waals surface area contributed by atoms with Crippen molar-refractivity contribution in [2.75, 3.05) is 6.61 Å². The van der Waals surface area contributed by atoms with Crippen molar-refractivity contribution in [3.05, 3.63) is 47.0 Å². The van der Waals surface area contributed by atoms with Crippen molar-refractivity contribution in [2.45, 2.75) is 39.7 Å². The van der Waals surface area contributed by atoms with Gasteiger partial charge in [-0.2, -0.15) is 0 Å². The van der Waals surface area contributed by atoms with Crippen LogP contribution in [0.5, 0.6) is 0 Å².